The Morgan fingerprint density at radius 2 is 2.12 bits per heavy atom. The van der Waals surface area contributed by atoms with Gasteiger partial charge in [-0.1, -0.05) is 6.07 Å². The summed E-state index contributed by atoms with van der Waals surface area (Å²) in [6.07, 6.45) is 3.12. The lowest BCUT2D eigenvalue weighted by molar-refractivity contribution is -0.710. The van der Waals surface area contributed by atoms with Crippen LogP contribution in [0.25, 0.3) is 0 Å². The van der Waals surface area contributed by atoms with E-state index in [0.29, 0.717) is 0 Å². The normalized spacial score (nSPS) is 12.5. The molecule has 0 bridgehead atoms. The first-order valence-electron chi connectivity index (χ1n) is 7.03. The van der Waals surface area contributed by atoms with Crippen LogP contribution < -0.4 is 10.3 Å². The number of nitriles is 1. The molecule has 0 fully saturated rings. The summed E-state index contributed by atoms with van der Waals surface area (Å²) in [5.41, 5.74) is 5.61. The second kappa shape index (κ2) is 7.47. The van der Waals surface area contributed by atoms with Crippen molar-refractivity contribution in [3.63, 3.8) is 0 Å². The zero-order valence-electron chi connectivity index (χ0n) is 12.9. The fraction of sp³-hybridized carbons (Fsp3) is 0.176. The van der Waals surface area contributed by atoms with E-state index < -0.39 is 17.9 Å². The average Bonchev–Trinajstić information content (AvgIpc) is 3.08. The molecule has 0 aliphatic carbocycles. The van der Waals surface area contributed by atoms with Crippen LogP contribution in [0.1, 0.15) is 34.1 Å². The van der Waals surface area contributed by atoms with E-state index in [1.165, 1.54) is 24.5 Å². The van der Waals surface area contributed by atoms with Crippen LogP contribution in [0, 0.1) is 16.7 Å². The van der Waals surface area contributed by atoms with E-state index in [-0.39, 0.29) is 16.9 Å². The molecule has 120 valence electrons. The van der Waals surface area contributed by atoms with Crippen molar-refractivity contribution in [3.05, 3.63) is 58.1 Å². The summed E-state index contributed by atoms with van der Waals surface area (Å²) < 4.78 is 1.56. The molecule has 6 nitrogen and oxygen atoms in total. The number of Topliss-reactive ketones (excluding diaryl/α,β-unsaturated/α-hetero) is 1. The van der Waals surface area contributed by atoms with Crippen molar-refractivity contribution in [2.24, 2.45) is 5.73 Å². The second-order valence-electron chi connectivity index (χ2n) is 5.10. The number of primary amides is 1. The molecule has 0 aliphatic heterocycles. The van der Waals surface area contributed by atoms with Crippen molar-refractivity contribution in [3.8, 4) is 6.07 Å². The minimum absolute atomic E-state index is 0.0506. The maximum atomic E-state index is 12.4. The van der Waals surface area contributed by atoms with Gasteiger partial charge in [-0.05, 0) is 23.4 Å². The van der Waals surface area contributed by atoms with Crippen molar-refractivity contribution in [2.75, 3.05) is 0 Å². The van der Waals surface area contributed by atoms with Gasteiger partial charge < -0.3 is 5.73 Å². The number of amides is 1. The number of carbonyl (C=O) groups is 2. The van der Waals surface area contributed by atoms with Gasteiger partial charge in [0, 0.05) is 17.9 Å². The summed E-state index contributed by atoms with van der Waals surface area (Å²) >= 11 is 1.39. The topological polar surface area (TPSA) is 112 Å². The SMILES string of the molecule is CC(=O)C(C(C(=C=N)C#N)c1cccs1)[n+]1cccc(C(N)=O)c1. The highest BCUT2D eigenvalue weighted by molar-refractivity contribution is 7.10. The Bertz CT molecular complexity index is 861. The number of aromatic nitrogens is 1. The lowest BCUT2D eigenvalue weighted by atomic mass is 9.88. The van der Waals surface area contributed by atoms with E-state index in [2.05, 4.69) is 5.87 Å². The fourth-order valence-corrected chi connectivity index (χ4v) is 3.39. The molecule has 2 atom stereocenters. The molecule has 24 heavy (non-hydrogen) atoms. The van der Waals surface area contributed by atoms with Gasteiger partial charge in [0.15, 0.2) is 18.2 Å². The Labute approximate surface area is 143 Å². The number of nitrogens with one attached hydrogen (secondary N) is 1. The van der Waals surface area contributed by atoms with Crippen molar-refractivity contribution < 1.29 is 14.2 Å². The third kappa shape index (κ3) is 3.46. The Morgan fingerprint density at radius 1 is 1.38 bits per heavy atom. The van der Waals surface area contributed by atoms with Gasteiger partial charge >= 0.3 is 0 Å². The zero-order valence-corrected chi connectivity index (χ0v) is 13.7. The summed E-state index contributed by atoms with van der Waals surface area (Å²) in [5.74, 6) is 0.669. The molecule has 0 spiro atoms. The number of thiophene rings is 1. The van der Waals surface area contributed by atoms with Gasteiger partial charge in [0.2, 0.25) is 6.04 Å². The van der Waals surface area contributed by atoms with E-state index >= 15 is 0 Å². The minimum Gasteiger partial charge on any atom is -0.365 e. The Hall–Kier alpha value is -3.07. The molecule has 2 heterocycles. The summed E-state index contributed by atoms with van der Waals surface area (Å²) in [7, 11) is 0. The standard InChI is InChI=1S/C17H14N4O2S/c1-11(22)16(21-6-2-4-12(10-21)17(20)23)15(13(8-18)9-19)14-5-3-7-24-14/h2-7,10,15-16,18H,1H3,(H-,20,23)/p+1. The van der Waals surface area contributed by atoms with Gasteiger partial charge in [0.05, 0.1) is 0 Å². The number of nitrogens with two attached hydrogens (primary N) is 1. The largest absolute Gasteiger partial charge is 0.365 e. The maximum absolute atomic E-state index is 12.4. The molecule has 0 radical (unpaired) electrons. The Morgan fingerprint density at radius 3 is 2.62 bits per heavy atom. The van der Waals surface area contributed by atoms with Gasteiger partial charge in [-0.15, -0.1) is 11.3 Å². The molecular formula is C17H15N4O2S+. The predicted molar refractivity (Wildman–Crippen MR) is 88.8 cm³/mol. The lowest BCUT2D eigenvalue weighted by Gasteiger charge is -2.18. The summed E-state index contributed by atoms with van der Waals surface area (Å²) in [6.45, 7) is 1.41. The highest BCUT2D eigenvalue weighted by Gasteiger charge is 2.39. The van der Waals surface area contributed by atoms with E-state index in [4.69, 9.17) is 11.1 Å². The smallest absolute Gasteiger partial charge is 0.254 e. The number of hydrogen-bond acceptors (Lipinski definition) is 5. The molecule has 7 heteroatoms. The highest BCUT2D eigenvalue weighted by atomic mass is 32.1. The van der Waals surface area contributed by atoms with E-state index in [9.17, 15) is 14.9 Å². The van der Waals surface area contributed by atoms with Crippen LogP contribution in [-0.4, -0.2) is 17.6 Å². The van der Waals surface area contributed by atoms with Crippen LogP contribution in [0.4, 0.5) is 0 Å². The van der Waals surface area contributed by atoms with Crippen molar-refractivity contribution in [1.82, 2.24) is 0 Å². The van der Waals surface area contributed by atoms with E-state index in [1.807, 2.05) is 17.5 Å². The van der Waals surface area contributed by atoms with Crippen molar-refractivity contribution in [2.45, 2.75) is 18.9 Å². The number of nitrogens with zero attached hydrogens (tertiary/aromatic N) is 2. The summed E-state index contributed by atoms with van der Waals surface area (Å²) in [6, 6.07) is 7.95. The molecule has 0 aliphatic rings. The second-order valence-corrected chi connectivity index (χ2v) is 6.08. The number of carbonyl (C=O) groups excluding carboxylic acids is 2. The van der Waals surface area contributed by atoms with Gasteiger partial charge in [-0.25, -0.2) is 0 Å². The molecule has 0 saturated carbocycles. The predicted octanol–water partition coefficient (Wildman–Crippen LogP) is 1.75. The molecule has 1 amide bonds. The van der Waals surface area contributed by atoms with Gasteiger partial charge in [0.1, 0.15) is 23.1 Å². The average molecular weight is 339 g/mol. The van der Waals surface area contributed by atoms with E-state index in [0.717, 1.165) is 4.88 Å². The Kier molecular flexibility index (Phi) is 5.38. The quantitative estimate of drug-likeness (QED) is 0.475. The molecule has 2 aromatic heterocycles. The Balaban J connectivity index is 2.65. The molecule has 2 unspecified atom stereocenters. The molecular weight excluding hydrogens is 324 g/mol. The first-order chi connectivity index (χ1) is 11.5. The van der Waals surface area contributed by atoms with Gasteiger partial charge in [0.25, 0.3) is 5.91 Å². The number of rotatable bonds is 6. The monoisotopic (exact) mass is 339 g/mol. The lowest BCUT2D eigenvalue weighted by Crippen LogP contribution is -2.47. The number of allylic oxidation sites excluding steroid dienone is 1. The molecule has 2 rings (SSSR count). The zero-order chi connectivity index (χ0) is 17.7. The minimum atomic E-state index is -0.782. The van der Waals surface area contributed by atoms with Gasteiger partial charge in [-0.3, -0.25) is 15.0 Å². The first kappa shape index (κ1) is 17.3. The highest BCUT2D eigenvalue weighted by Crippen LogP contribution is 2.34. The van der Waals surface area contributed by atoms with Crippen molar-refractivity contribution in [1.29, 1.82) is 10.7 Å². The van der Waals surface area contributed by atoms with Crippen LogP contribution >= 0.6 is 11.3 Å². The third-order valence-corrected chi connectivity index (χ3v) is 4.53. The van der Waals surface area contributed by atoms with Gasteiger partial charge in [-0.2, -0.15) is 9.83 Å². The molecule has 2 aromatic rings. The maximum Gasteiger partial charge on any atom is 0.254 e. The van der Waals surface area contributed by atoms with Crippen LogP contribution in [-0.2, 0) is 4.79 Å². The molecule has 0 aromatic carbocycles. The van der Waals surface area contributed by atoms with Crippen molar-refractivity contribution >= 4 is 28.9 Å². The molecule has 3 N–H and O–H groups in total. The fourth-order valence-electron chi connectivity index (χ4n) is 2.53. The summed E-state index contributed by atoms with van der Waals surface area (Å²) in [4.78, 5) is 24.5. The number of ketones is 1. The third-order valence-electron chi connectivity index (χ3n) is 3.58. The van der Waals surface area contributed by atoms with Crippen LogP contribution in [0.5, 0.6) is 0 Å². The number of hydrogen-bond donors (Lipinski definition) is 2. The summed E-state index contributed by atoms with van der Waals surface area (Å²) in [5, 5.41) is 18.6. The molecule has 0 saturated heterocycles. The first-order valence-corrected chi connectivity index (χ1v) is 7.91. The van der Waals surface area contributed by atoms with Crippen LogP contribution in [0.3, 0.4) is 0 Å². The van der Waals surface area contributed by atoms with Crippen LogP contribution in [0.2, 0.25) is 0 Å². The van der Waals surface area contributed by atoms with Crippen LogP contribution in [0.15, 0.2) is 47.6 Å². The number of pyridine rings is 1. The van der Waals surface area contributed by atoms with E-state index in [1.54, 1.807) is 29.0 Å².